The van der Waals surface area contributed by atoms with Crippen molar-refractivity contribution in [1.82, 2.24) is 4.72 Å². The molecule has 1 aromatic carbocycles. The number of halogens is 4. The zero-order valence-electron chi connectivity index (χ0n) is 11.2. The molecule has 0 aliphatic rings. The molecule has 0 aliphatic heterocycles. The molecule has 1 atom stereocenters. The lowest BCUT2D eigenvalue weighted by Gasteiger charge is -2.18. The van der Waals surface area contributed by atoms with Crippen LogP contribution in [-0.2, 0) is 10.0 Å². The summed E-state index contributed by atoms with van der Waals surface area (Å²) in [5.74, 6) is -0.595. The number of nitrogens with one attached hydrogen (secondary N) is 1. The zero-order chi connectivity index (χ0) is 15.7. The summed E-state index contributed by atoms with van der Waals surface area (Å²) in [6, 6.07) is 0.746. The van der Waals surface area contributed by atoms with Gasteiger partial charge in [0.05, 0.1) is 11.3 Å². The van der Waals surface area contributed by atoms with Gasteiger partial charge in [0.1, 0.15) is 5.82 Å². The molecular weight excluding hydrogens is 298 g/mol. The number of hydrogen-bond acceptors (Lipinski definition) is 2. The molecule has 0 aliphatic carbocycles. The van der Waals surface area contributed by atoms with Gasteiger partial charge in [-0.3, -0.25) is 0 Å². The van der Waals surface area contributed by atoms with E-state index in [1.807, 2.05) is 4.72 Å². The number of benzene rings is 1. The fraction of sp³-hybridized carbons (Fsp3) is 0.500. The minimum Gasteiger partial charge on any atom is -0.208 e. The summed E-state index contributed by atoms with van der Waals surface area (Å²) in [6.45, 7) is 3.90. The first kappa shape index (κ1) is 16.9. The SMILES string of the molecule is Cc1cc(F)cc(C)c1S(=O)(=O)NC(C)CC(F)(F)F. The Morgan fingerprint density at radius 3 is 2.05 bits per heavy atom. The van der Waals surface area contributed by atoms with Crippen molar-refractivity contribution in [3.05, 3.63) is 29.1 Å². The summed E-state index contributed by atoms with van der Waals surface area (Å²) in [7, 11) is -4.13. The molecule has 0 bridgehead atoms. The third-order valence-corrected chi connectivity index (χ3v) is 4.48. The summed E-state index contributed by atoms with van der Waals surface area (Å²) < 4.78 is 75.9. The van der Waals surface area contributed by atoms with Gasteiger partial charge in [-0.05, 0) is 44.0 Å². The molecule has 0 amide bonds. The van der Waals surface area contributed by atoms with Gasteiger partial charge in [-0.2, -0.15) is 13.2 Å². The Balaban J connectivity index is 3.07. The van der Waals surface area contributed by atoms with Crippen LogP contribution in [0.25, 0.3) is 0 Å². The van der Waals surface area contributed by atoms with Crippen LogP contribution in [0.3, 0.4) is 0 Å². The molecule has 8 heteroatoms. The summed E-state index contributed by atoms with van der Waals surface area (Å²) in [5.41, 5.74) is 0.295. The minimum absolute atomic E-state index is 0.147. The second-order valence-corrected chi connectivity index (χ2v) is 6.36. The molecule has 1 N–H and O–H groups in total. The molecule has 0 saturated heterocycles. The van der Waals surface area contributed by atoms with E-state index >= 15 is 0 Å². The number of alkyl halides is 3. The Kier molecular flexibility index (Phi) is 4.81. The van der Waals surface area contributed by atoms with Crippen molar-refractivity contribution in [2.24, 2.45) is 0 Å². The highest BCUT2D eigenvalue weighted by atomic mass is 32.2. The highest BCUT2D eigenvalue weighted by Gasteiger charge is 2.32. The van der Waals surface area contributed by atoms with Gasteiger partial charge in [-0.15, -0.1) is 0 Å². The van der Waals surface area contributed by atoms with E-state index in [0.29, 0.717) is 0 Å². The first-order valence-corrected chi connectivity index (χ1v) is 7.26. The molecule has 0 spiro atoms. The van der Waals surface area contributed by atoms with Crippen LogP contribution in [0.1, 0.15) is 24.5 Å². The van der Waals surface area contributed by atoms with Crippen LogP contribution in [0.5, 0.6) is 0 Å². The van der Waals surface area contributed by atoms with Gasteiger partial charge in [0.2, 0.25) is 10.0 Å². The van der Waals surface area contributed by atoms with E-state index in [0.717, 1.165) is 19.1 Å². The first-order valence-electron chi connectivity index (χ1n) is 5.78. The van der Waals surface area contributed by atoms with Crippen molar-refractivity contribution in [2.45, 2.75) is 44.3 Å². The Labute approximate surface area is 115 Å². The molecule has 3 nitrogen and oxygen atoms in total. The highest BCUT2D eigenvalue weighted by molar-refractivity contribution is 7.89. The average Bonchev–Trinajstić information content (AvgIpc) is 2.08. The van der Waals surface area contributed by atoms with Crippen molar-refractivity contribution in [3.8, 4) is 0 Å². The molecule has 1 unspecified atom stereocenters. The Morgan fingerprint density at radius 1 is 1.20 bits per heavy atom. The summed E-state index contributed by atoms with van der Waals surface area (Å²) in [4.78, 5) is -0.187. The number of hydrogen-bond donors (Lipinski definition) is 1. The second kappa shape index (κ2) is 5.69. The number of rotatable bonds is 4. The molecule has 0 aromatic heterocycles. The van der Waals surface area contributed by atoms with Crippen molar-refractivity contribution < 1.29 is 26.0 Å². The van der Waals surface area contributed by atoms with E-state index in [4.69, 9.17) is 0 Å². The van der Waals surface area contributed by atoms with Crippen molar-refractivity contribution in [3.63, 3.8) is 0 Å². The number of aryl methyl sites for hydroxylation is 2. The van der Waals surface area contributed by atoms with Crippen molar-refractivity contribution in [1.29, 1.82) is 0 Å². The van der Waals surface area contributed by atoms with Crippen LogP contribution in [0.4, 0.5) is 17.6 Å². The second-order valence-electron chi connectivity index (χ2n) is 4.71. The highest BCUT2D eigenvalue weighted by Crippen LogP contribution is 2.24. The molecular formula is C12H15F4NO2S. The topological polar surface area (TPSA) is 46.2 Å². The Morgan fingerprint density at radius 2 is 1.65 bits per heavy atom. The van der Waals surface area contributed by atoms with Crippen LogP contribution in [-0.4, -0.2) is 20.6 Å². The third-order valence-electron chi connectivity index (χ3n) is 2.59. The fourth-order valence-electron chi connectivity index (χ4n) is 2.03. The summed E-state index contributed by atoms with van der Waals surface area (Å²) >= 11 is 0. The van der Waals surface area contributed by atoms with Gasteiger partial charge in [-0.25, -0.2) is 17.5 Å². The smallest absolute Gasteiger partial charge is 0.208 e. The van der Waals surface area contributed by atoms with Crippen molar-refractivity contribution >= 4 is 10.0 Å². The minimum atomic E-state index is -4.46. The summed E-state index contributed by atoms with van der Waals surface area (Å²) in [5, 5.41) is 0. The molecule has 20 heavy (non-hydrogen) atoms. The maximum Gasteiger partial charge on any atom is 0.390 e. The van der Waals surface area contributed by atoms with Crippen LogP contribution in [0.2, 0.25) is 0 Å². The quantitative estimate of drug-likeness (QED) is 0.868. The molecule has 114 valence electrons. The number of sulfonamides is 1. The third kappa shape index (κ3) is 4.45. The lowest BCUT2D eigenvalue weighted by atomic mass is 10.1. The largest absolute Gasteiger partial charge is 0.390 e. The van der Waals surface area contributed by atoms with E-state index in [1.54, 1.807) is 0 Å². The molecule has 0 heterocycles. The lowest BCUT2D eigenvalue weighted by molar-refractivity contribution is -0.137. The van der Waals surface area contributed by atoms with Crippen LogP contribution in [0.15, 0.2) is 17.0 Å². The monoisotopic (exact) mass is 313 g/mol. The van der Waals surface area contributed by atoms with Crippen LogP contribution in [0, 0.1) is 19.7 Å². The fourth-order valence-corrected chi connectivity index (χ4v) is 3.73. The molecule has 0 radical (unpaired) electrons. The normalized spacial score (nSPS) is 14.3. The zero-order valence-corrected chi connectivity index (χ0v) is 12.0. The predicted octanol–water partition coefficient (Wildman–Crippen LogP) is 3.06. The first-order chi connectivity index (χ1) is 8.92. The Hall–Kier alpha value is -1.15. The van der Waals surface area contributed by atoms with Crippen LogP contribution < -0.4 is 4.72 Å². The average molecular weight is 313 g/mol. The molecule has 1 rings (SSSR count). The van der Waals surface area contributed by atoms with Gasteiger partial charge < -0.3 is 0 Å². The predicted molar refractivity (Wildman–Crippen MR) is 66.3 cm³/mol. The molecule has 0 saturated carbocycles. The van der Waals surface area contributed by atoms with Gasteiger partial charge in [0.15, 0.2) is 0 Å². The van der Waals surface area contributed by atoms with Gasteiger partial charge in [0.25, 0.3) is 0 Å². The van der Waals surface area contributed by atoms with E-state index in [-0.39, 0.29) is 16.0 Å². The van der Waals surface area contributed by atoms with Gasteiger partial charge in [0, 0.05) is 6.04 Å². The standard InChI is InChI=1S/C12H15F4NO2S/c1-7-4-10(13)5-8(2)11(7)20(18,19)17-9(3)6-12(14,15)16/h4-5,9,17H,6H2,1-3H3. The maximum absolute atomic E-state index is 13.1. The molecule has 1 aromatic rings. The van der Waals surface area contributed by atoms with Crippen LogP contribution >= 0.6 is 0 Å². The molecule has 0 fully saturated rings. The van der Waals surface area contributed by atoms with E-state index < -0.39 is 34.5 Å². The maximum atomic E-state index is 13.1. The van der Waals surface area contributed by atoms with Crippen molar-refractivity contribution in [2.75, 3.05) is 0 Å². The van der Waals surface area contributed by atoms with Gasteiger partial charge in [-0.1, -0.05) is 0 Å². The van der Waals surface area contributed by atoms with E-state index in [1.165, 1.54) is 13.8 Å². The van der Waals surface area contributed by atoms with Gasteiger partial charge >= 0.3 is 6.18 Å². The lowest BCUT2D eigenvalue weighted by Crippen LogP contribution is -2.36. The van der Waals surface area contributed by atoms with E-state index in [9.17, 15) is 26.0 Å². The summed E-state index contributed by atoms with van der Waals surface area (Å²) in [6.07, 6.45) is -5.74. The Bertz CT molecular complexity index is 573. The van der Waals surface area contributed by atoms with E-state index in [2.05, 4.69) is 0 Å².